The van der Waals surface area contributed by atoms with Gasteiger partial charge in [0.25, 0.3) is 0 Å². The largest absolute Gasteiger partial charge is 0.451 e. The van der Waals surface area contributed by atoms with E-state index < -0.39 is 0 Å². The Balaban J connectivity index is 1.63. The lowest BCUT2D eigenvalue weighted by atomic mass is 10.1. The van der Waals surface area contributed by atoms with Crippen molar-refractivity contribution < 1.29 is 9.21 Å². The van der Waals surface area contributed by atoms with Crippen molar-refractivity contribution in [3.8, 4) is 0 Å². The molecule has 4 nitrogen and oxygen atoms in total. The Hall–Kier alpha value is -2.10. The number of benzene rings is 1. The molecule has 1 aromatic heterocycles. The molecule has 0 fully saturated rings. The molecule has 0 unspecified atom stereocenters. The van der Waals surface area contributed by atoms with Gasteiger partial charge in [0.15, 0.2) is 6.39 Å². The van der Waals surface area contributed by atoms with Crippen molar-refractivity contribution in [1.82, 2.24) is 10.3 Å². The molecule has 0 radical (unpaired) electrons. The van der Waals surface area contributed by atoms with Gasteiger partial charge in [0.05, 0.1) is 5.69 Å². The highest BCUT2D eigenvalue weighted by Gasteiger charge is 2.02. The fourth-order valence-corrected chi connectivity index (χ4v) is 1.68. The smallest absolute Gasteiger partial charge is 0.220 e. The second-order valence-electron chi connectivity index (χ2n) is 4.07. The number of amides is 1. The maximum Gasteiger partial charge on any atom is 0.220 e. The van der Waals surface area contributed by atoms with E-state index in [9.17, 15) is 4.79 Å². The van der Waals surface area contributed by atoms with Gasteiger partial charge < -0.3 is 9.73 Å². The zero-order valence-electron chi connectivity index (χ0n) is 10.1. The quantitative estimate of drug-likeness (QED) is 0.845. The van der Waals surface area contributed by atoms with Crippen LogP contribution < -0.4 is 5.32 Å². The van der Waals surface area contributed by atoms with Gasteiger partial charge in [-0.05, 0) is 12.0 Å². The van der Waals surface area contributed by atoms with Crippen molar-refractivity contribution in [2.24, 2.45) is 0 Å². The molecule has 1 amide bonds. The second kappa shape index (κ2) is 6.59. The molecule has 18 heavy (non-hydrogen) atoms. The SMILES string of the molecule is O=C(CCc1ccccc1)NCCc1cocn1. The summed E-state index contributed by atoms with van der Waals surface area (Å²) in [6, 6.07) is 10.0. The van der Waals surface area contributed by atoms with Crippen molar-refractivity contribution >= 4 is 5.91 Å². The fourth-order valence-electron chi connectivity index (χ4n) is 1.68. The first-order valence-corrected chi connectivity index (χ1v) is 6.02. The average molecular weight is 244 g/mol. The number of nitrogens with zero attached hydrogens (tertiary/aromatic N) is 1. The van der Waals surface area contributed by atoms with Crippen LogP contribution in [-0.4, -0.2) is 17.4 Å². The van der Waals surface area contributed by atoms with Gasteiger partial charge in [0.1, 0.15) is 6.26 Å². The molecule has 4 heteroatoms. The van der Waals surface area contributed by atoms with Crippen LogP contribution in [0.3, 0.4) is 0 Å². The maximum absolute atomic E-state index is 11.6. The Morgan fingerprint density at radius 3 is 2.78 bits per heavy atom. The first-order chi connectivity index (χ1) is 8.84. The Morgan fingerprint density at radius 2 is 2.06 bits per heavy atom. The van der Waals surface area contributed by atoms with Crippen molar-refractivity contribution in [3.63, 3.8) is 0 Å². The van der Waals surface area contributed by atoms with Gasteiger partial charge in [-0.2, -0.15) is 0 Å². The van der Waals surface area contributed by atoms with Crippen LogP contribution in [0.25, 0.3) is 0 Å². The van der Waals surface area contributed by atoms with Gasteiger partial charge >= 0.3 is 0 Å². The molecule has 2 rings (SSSR count). The Labute approximate surface area is 106 Å². The number of carbonyl (C=O) groups excluding carboxylic acids is 1. The van der Waals surface area contributed by atoms with E-state index in [1.807, 2.05) is 30.3 Å². The van der Waals surface area contributed by atoms with Gasteiger partial charge in [0.2, 0.25) is 5.91 Å². The number of carbonyl (C=O) groups is 1. The lowest BCUT2D eigenvalue weighted by Gasteiger charge is -2.04. The van der Waals surface area contributed by atoms with E-state index in [1.165, 1.54) is 12.0 Å². The van der Waals surface area contributed by atoms with Crippen LogP contribution in [0.15, 0.2) is 47.4 Å². The highest BCUT2D eigenvalue weighted by Crippen LogP contribution is 2.02. The molecular weight excluding hydrogens is 228 g/mol. The molecule has 0 aliphatic carbocycles. The van der Waals surface area contributed by atoms with E-state index >= 15 is 0 Å². The number of hydrogen-bond donors (Lipinski definition) is 1. The van der Waals surface area contributed by atoms with Gasteiger partial charge in [0, 0.05) is 19.4 Å². The number of aryl methyl sites for hydroxylation is 1. The Kier molecular flexibility index (Phi) is 4.53. The van der Waals surface area contributed by atoms with Crippen molar-refractivity contribution in [2.45, 2.75) is 19.3 Å². The summed E-state index contributed by atoms with van der Waals surface area (Å²) >= 11 is 0. The summed E-state index contributed by atoms with van der Waals surface area (Å²) in [4.78, 5) is 15.6. The highest BCUT2D eigenvalue weighted by molar-refractivity contribution is 5.76. The topological polar surface area (TPSA) is 55.1 Å². The number of oxazole rings is 1. The highest BCUT2D eigenvalue weighted by atomic mass is 16.3. The first kappa shape index (κ1) is 12.4. The molecule has 1 heterocycles. The summed E-state index contributed by atoms with van der Waals surface area (Å²) in [7, 11) is 0. The average Bonchev–Trinajstić information content (AvgIpc) is 2.91. The zero-order valence-corrected chi connectivity index (χ0v) is 10.1. The summed E-state index contributed by atoms with van der Waals surface area (Å²) in [5, 5.41) is 2.87. The lowest BCUT2D eigenvalue weighted by molar-refractivity contribution is -0.121. The van der Waals surface area contributed by atoms with Crippen LogP contribution in [0.2, 0.25) is 0 Å². The van der Waals surface area contributed by atoms with E-state index in [2.05, 4.69) is 10.3 Å². The molecule has 1 aromatic carbocycles. The summed E-state index contributed by atoms with van der Waals surface area (Å²) < 4.78 is 4.85. The Bertz CT molecular complexity index is 466. The van der Waals surface area contributed by atoms with Crippen molar-refractivity contribution in [3.05, 3.63) is 54.2 Å². The summed E-state index contributed by atoms with van der Waals surface area (Å²) in [6.45, 7) is 0.597. The van der Waals surface area contributed by atoms with E-state index in [-0.39, 0.29) is 5.91 Å². The number of aromatic nitrogens is 1. The monoisotopic (exact) mass is 244 g/mol. The minimum Gasteiger partial charge on any atom is -0.451 e. The Morgan fingerprint density at radius 1 is 1.22 bits per heavy atom. The van der Waals surface area contributed by atoms with Gasteiger partial charge in [-0.15, -0.1) is 0 Å². The standard InChI is InChI=1S/C14H16N2O2/c17-14(7-6-12-4-2-1-3-5-12)15-9-8-13-10-18-11-16-13/h1-5,10-11H,6-9H2,(H,15,17). The molecular formula is C14H16N2O2. The molecule has 0 aliphatic heterocycles. The summed E-state index contributed by atoms with van der Waals surface area (Å²) in [5.74, 6) is 0.0716. The minimum absolute atomic E-state index is 0.0716. The predicted molar refractivity (Wildman–Crippen MR) is 68.0 cm³/mol. The molecule has 0 spiro atoms. The zero-order chi connectivity index (χ0) is 12.6. The van der Waals surface area contributed by atoms with Gasteiger partial charge in [-0.25, -0.2) is 4.98 Å². The third-order valence-corrected chi connectivity index (χ3v) is 2.67. The molecule has 2 aromatic rings. The second-order valence-corrected chi connectivity index (χ2v) is 4.07. The van der Waals surface area contributed by atoms with E-state index in [1.54, 1.807) is 6.26 Å². The maximum atomic E-state index is 11.6. The first-order valence-electron chi connectivity index (χ1n) is 6.02. The van der Waals surface area contributed by atoms with E-state index in [4.69, 9.17) is 4.42 Å². The molecule has 0 aliphatic rings. The molecule has 0 saturated carbocycles. The van der Waals surface area contributed by atoms with E-state index in [0.717, 1.165) is 12.1 Å². The van der Waals surface area contributed by atoms with Crippen LogP contribution in [0, 0.1) is 0 Å². The van der Waals surface area contributed by atoms with Gasteiger partial charge in [-0.1, -0.05) is 30.3 Å². The van der Waals surface area contributed by atoms with Crippen LogP contribution in [0.4, 0.5) is 0 Å². The molecule has 0 atom stereocenters. The number of nitrogens with one attached hydrogen (secondary N) is 1. The van der Waals surface area contributed by atoms with Gasteiger partial charge in [-0.3, -0.25) is 4.79 Å². The van der Waals surface area contributed by atoms with Crippen LogP contribution in [0.5, 0.6) is 0 Å². The van der Waals surface area contributed by atoms with Crippen LogP contribution in [-0.2, 0) is 17.6 Å². The normalized spacial score (nSPS) is 10.2. The molecule has 0 saturated heterocycles. The number of hydrogen-bond acceptors (Lipinski definition) is 3. The van der Waals surface area contributed by atoms with Crippen molar-refractivity contribution in [1.29, 1.82) is 0 Å². The summed E-state index contributed by atoms with van der Waals surface area (Å²) in [5.41, 5.74) is 2.04. The summed E-state index contributed by atoms with van der Waals surface area (Å²) in [6.07, 6.45) is 4.98. The van der Waals surface area contributed by atoms with Crippen molar-refractivity contribution in [2.75, 3.05) is 6.54 Å². The van der Waals surface area contributed by atoms with Crippen LogP contribution in [0.1, 0.15) is 17.7 Å². The number of rotatable bonds is 6. The molecule has 0 bridgehead atoms. The lowest BCUT2D eigenvalue weighted by Crippen LogP contribution is -2.25. The third-order valence-electron chi connectivity index (χ3n) is 2.67. The van der Waals surface area contributed by atoms with Crippen LogP contribution >= 0.6 is 0 Å². The predicted octanol–water partition coefficient (Wildman–Crippen LogP) is 1.97. The minimum atomic E-state index is 0.0716. The fraction of sp³-hybridized carbons (Fsp3) is 0.286. The molecule has 94 valence electrons. The third kappa shape index (κ3) is 4.05. The molecule has 1 N–H and O–H groups in total. The van der Waals surface area contributed by atoms with E-state index in [0.29, 0.717) is 19.4 Å².